The molecule has 1 heterocycles. The summed E-state index contributed by atoms with van der Waals surface area (Å²) in [6.45, 7) is 18.3. The normalized spacial score (nSPS) is 16.8. The maximum atomic E-state index is 4.55. The van der Waals surface area contributed by atoms with E-state index < -0.39 is 0 Å². The van der Waals surface area contributed by atoms with Gasteiger partial charge in [-0.1, -0.05) is 85.3 Å². The molecule has 1 N–H and O–H groups in total. The Balaban J connectivity index is 0. The first-order valence-electron chi connectivity index (χ1n) is 9.76. The molecule has 0 aromatic rings. The molecule has 0 fully saturated rings. The second-order valence-corrected chi connectivity index (χ2v) is 5.15. The molecule has 24 heavy (non-hydrogen) atoms. The number of nitrogens with zero attached hydrogens (tertiary/aromatic N) is 1. The van der Waals surface area contributed by atoms with Gasteiger partial charge in [0.15, 0.2) is 0 Å². The molecule has 1 aliphatic rings. The molecule has 2 heteroatoms. The summed E-state index contributed by atoms with van der Waals surface area (Å²) in [5, 5.41) is 4.55. The van der Waals surface area contributed by atoms with E-state index in [4.69, 9.17) is 0 Å². The van der Waals surface area contributed by atoms with E-state index >= 15 is 0 Å². The molecule has 138 valence electrons. The number of unbranched alkanes of at least 4 members (excludes halogenated alkanes) is 1. The molecule has 0 amide bonds. The monoisotopic (exact) mass is 332 g/mol. The van der Waals surface area contributed by atoms with Crippen LogP contribution < -0.4 is 5.43 Å². The number of hydrazone groups is 1. The van der Waals surface area contributed by atoms with Crippen molar-refractivity contribution in [1.29, 1.82) is 0 Å². The summed E-state index contributed by atoms with van der Waals surface area (Å²) in [5.74, 6) is 0.440. The Hall–Kier alpha value is -1.57. The summed E-state index contributed by atoms with van der Waals surface area (Å²) >= 11 is 0. The molecule has 0 saturated carbocycles. The van der Waals surface area contributed by atoms with Crippen LogP contribution in [0.5, 0.6) is 0 Å². The Morgan fingerprint density at radius 2 is 1.88 bits per heavy atom. The van der Waals surface area contributed by atoms with Gasteiger partial charge in [0, 0.05) is 12.1 Å². The van der Waals surface area contributed by atoms with E-state index in [1.165, 1.54) is 24.8 Å². The van der Waals surface area contributed by atoms with Crippen molar-refractivity contribution in [1.82, 2.24) is 5.43 Å². The standard InChI is InChI=1S/C18H28N2.2C2H6/c1-5-9-13-16-14-19-20-18(17(16)12-8-4)15(10-6-2)11-7-3;2*1-2/h6-7,10-11,14,17,19H,2,5,8-9,12-13H2,1,3-4H3;2*1-2H3/b11-7-,15-10+;;. The van der Waals surface area contributed by atoms with Gasteiger partial charge in [-0.15, -0.1) is 0 Å². The fraction of sp³-hybridized carbons (Fsp3) is 0.591. The summed E-state index contributed by atoms with van der Waals surface area (Å²) in [6.07, 6.45) is 16.1. The van der Waals surface area contributed by atoms with Crippen molar-refractivity contribution >= 4 is 5.71 Å². The molecule has 2 nitrogen and oxygen atoms in total. The van der Waals surface area contributed by atoms with E-state index in [2.05, 4.69) is 49.3 Å². The lowest BCUT2D eigenvalue weighted by molar-refractivity contribution is 0.617. The van der Waals surface area contributed by atoms with Crippen molar-refractivity contribution in [2.75, 3.05) is 0 Å². The summed E-state index contributed by atoms with van der Waals surface area (Å²) in [4.78, 5) is 0. The summed E-state index contributed by atoms with van der Waals surface area (Å²) in [5.41, 5.74) is 6.89. The molecule has 0 radical (unpaired) electrons. The van der Waals surface area contributed by atoms with E-state index in [-0.39, 0.29) is 0 Å². The van der Waals surface area contributed by atoms with Crippen molar-refractivity contribution in [2.24, 2.45) is 11.0 Å². The van der Waals surface area contributed by atoms with E-state index in [1.807, 2.05) is 46.8 Å². The minimum Gasteiger partial charge on any atom is -0.286 e. The van der Waals surface area contributed by atoms with Gasteiger partial charge in [-0.05, 0) is 37.3 Å². The maximum absolute atomic E-state index is 4.55. The molecule has 0 aromatic heterocycles. The zero-order valence-electron chi connectivity index (χ0n) is 17.2. The van der Waals surface area contributed by atoms with Gasteiger partial charge in [-0.25, -0.2) is 0 Å². The number of rotatable bonds is 8. The van der Waals surface area contributed by atoms with Crippen molar-refractivity contribution in [3.05, 3.63) is 48.2 Å². The van der Waals surface area contributed by atoms with Crippen LogP contribution in [0.25, 0.3) is 0 Å². The largest absolute Gasteiger partial charge is 0.286 e. The van der Waals surface area contributed by atoms with Crippen molar-refractivity contribution in [3.8, 4) is 0 Å². The van der Waals surface area contributed by atoms with Crippen LogP contribution >= 0.6 is 0 Å². The van der Waals surface area contributed by atoms with Crippen LogP contribution in [0.1, 0.15) is 80.6 Å². The lowest BCUT2D eigenvalue weighted by atomic mass is 9.83. The first kappa shape index (κ1) is 24.7. The molecule has 0 spiro atoms. The Kier molecular flexibility index (Phi) is 18.3. The smallest absolute Gasteiger partial charge is 0.0750 e. The SMILES string of the molecule is C=C/C=C(\C=C/C)C1=NNC=C(CCCC)C1CCC.CC.CC. The third kappa shape index (κ3) is 8.90. The van der Waals surface area contributed by atoms with Gasteiger partial charge in [0.2, 0.25) is 0 Å². The highest BCUT2D eigenvalue weighted by Crippen LogP contribution is 2.29. The predicted octanol–water partition coefficient (Wildman–Crippen LogP) is 7.18. The molecule has 1 unspecified atom stereocenters. The Morgan fingerprint density at radius 1 is 1.21 bits per heavy atom. The van der Waals surface area contributed by atoms with Crippen molar-refractivity contribution in [3.63, 3.8) is 0 Å². The molecular formula is C22H40N2. The average molecular weight is 333 g/mol. The third-order valence-corrected chi connectivity index (χ3v) is 3.55. The van der Waals surface area contributed by atoms with Crippen molar-refractivity contribution < 1.29 is 0 Å². The van der Waals surface area contributed by atoms with Gasteiger partial charge in [-0.2, -0.15) is 5.10 Å². The maximum Gasteiger partial charge on any atom is 0.0750 e. The lowest BCUT2D eigenvalue weighted by Crippen LogP contribution is -2.26. The summed E-state index contributed by atoms with van der Waals surface area (Å²) < 4.78 is 0. The van der Waals surface area contributed by atoms with Crippen LogP contribution in [-0.4, -0.2) is 5.71 Å². The summed E-state index contributed by atoms with van der Waals surface area (Å²) in [7, 11) is 0. The summed E-state index contributed by atoms with van der Waals surface area (Å²) in [6, 6.07) is 0. The van der Waals surface area contributed by atoms with Gasteiger partial charge in [0.05, 0.1) is 5.71 Å². The first-order chi connectivity index (χ1) is 11.8. The van der Waals surface area contributed by atoms with Gasteiger partial charge in [0.25, 0.3) is 0 Å². The topological polar surface area (TPSA) is 24.4 Å². The Bertz CT molecular complexity index is 425. The zero-order valence-corrected chi connectivity index (χ0v) is 17.2. The highest BCUT2D eigenvalue weighted by atomic mass is 15.3. The first-order valence-corrected chi connectivity index (χ1v) is 9.76. The van der Waals surface area contributed by atoms with Crippen LogP contribution in [0.15, 0.2) is 53.3 Å². The average Bonchev–Trinajstić information content (AvgIpc) is 2.64. The lowest BCUT2D eigenvalue weighted by Gasteiger charge is -2.26. The van der Waals surface area contributed by atoms with Gasteiger partial charge < -0.3 is 0 Å². The number of hydrogen-bond donors (Lipinski definition) is 1. The highest BCUT2D eigenvalue weighted by molar-refractivity contribution is 6.06. The van der Waals surface area contributed by atoms with Crippen LogP contribution in [0.2, 0.25) is 0 Å². The van der Waals surface area contributed by atoms with E-state index in [0.29, 0.717) is 5.92 Å². The van der Waals surface area contributed by atoms with Gasteiger partial charge in [-0.3, -0.25) is 5.43 Å². The number of allylic oxidation sites excluding steroid dienone is 6. The van der Waals surface area contributed by atoms with Crippen LogP contribution in [0.3, 0.4) is 0 Å². The predicted molar refractivity (Wildman–Crippen MR) is 112 cm³/mol. The molecule has 0 aromatic carbocycles. The molecule has 1 rings (SSSR count). The molecule has 1 atom stereocenters. The minimum absolute atomic E-state index is 0.440. The quantitative estimate of drug-likeness (QED) is 0.468. The molecule has 0 aliphatic carbocycles. The third-order valence-electron chi connectivity index (χ3n) is 3.55. The van der Waals surface area contributed by atoms with Crippen LogP contribution in [-0.2, 0) is 0 Å². The number of hydrogen-bond acceptors (Lipinski definition) is 2. The van der Waals surface area contributed by atoms with Crippen LogP contribution in [0.4, 0.5) is 0 Å². The molecular weight excluding hydrogens is 292 g/mol. The molecule has 0 saturated heterocycles. The van der Waals surface area contributed by atoms with Gasteiger partial charge >= 0.3 is 0 Å². The van der Waals surface area contributed by atoms with E-state index in [1.54, 1.807) is 0 Å². The minimum atomic E-state index is 0.440. The second kappa shape index (κ2) is 17.8. The second-order valence-electron chi connectivity index (χ2n) is 5.15. The van der Waals surface area contributed by atoms with E-state index in [0.717, 1.165) is 24.1 Å². The molecule has 1 aliphatic heterocycles. The van der Waals surface area contributed by atoms with E-state index in [9.17, 15) is 0 Å². The fourth-order valence-corrected chi connectivity index (χ4v) is 2.58. The fourth-order valence-electron chi connectivity index (χ4n) is 2.58. The van der Waals surface area contributed by atoms with Crippen molar-refractivity contribution in [2.45, 2.75) is 80.6 Å². The van der Waals surface area contributed by atoms with Crippen LogP contribution in [0, 0.1) is 5.92 Å². The zero-order chi connectivity index (χ0) is 18.8. The van der Waals surface area contributed by atoms with Gasteiger partial charge in [0.1, 0.15) is 0 Å². The number of nitrogens with one attached hydrogen (secondary N) is 1. The Morgan fingerprint density at radius 3 is 2.38 bits per heavy atom. The Labute approximate surface area is 151 Å². The highest BCUT2D eigenvalue weighted by Gasteiger charge is 2.24. The molecule has 0 bridgehead atoms.